The van der Waals surface area contributed by atoms with Crippen molar-refractivity contribution in [2.45, 2.75) is 13.0 Å². The third-order valence-corrected chi connectivity index (χ3v) is 3.79. The van der Waals surface area contributed by atoms with Gasteiger partial charge >= 0.3 is 5.97 Å². The third kappa shape index (κ3) is 4.16. The Labute approximate surface area is 141 Å². The number of carbonyl (C=O) groups excluding carboxylic acids is 2. The Balaban J connectivity index is 2.08. The molecule has 0 aliphatic carbocycles. The Kier molecular flexibility index (Phi) is 5.50. The first-order valence-corrected chi connectivity index (χ1v) is 7.56. The van der Waals surface area contributed by atoms with Crippen LogP contribution in [0.2, 0.25) is 0 Å². The lowest BCUT2D eigenvalue weighted by Gasteiger charge is -2.13. The van der Waals surface area contributed by atoms with E-state index < -0.39 is 23.7 Å². The number of Topliss-reactive ketones (excluding diaryl/α,β-unsaturated/α-hetero) is 1. The van der Waals surface area contributed by atoms with Crippen LogP contribution in [0.5, 0.6) is 5.75 Å². The number of hydrogen-bond acceptors (Lipinski definition) is 4. The van der Waals surface area contributed by atoms with Gasteiger partial charge in [-0.3, -0.25) is 4.79 Å². The van der Waals surface area contributed by atoms with E-state index in [0.717, 1.165) is 0 Å². The molecule has 0 aliphatic heterocycles. The van der Waals surface area contributed by atoms with Crippen LogP contribution in [0.15, 0.2) is 46.9 Å². The summed E-state index contributed by atoms with van der Waals surface area (Å²) in [6.07, 6.45) is -0.978. The van der Waals surface area contributed by atoms with Gasteiger partial charge in [0.25, 0.3) is 0 Å². The van der Waals surface area contributed by atoms with Crippen molar-refractivity contribution < 1.29 is 23.5 Å². The molecule has 0 spiro atoms. The van der Waals surface area contributed by atoms with Gasteiger partial charge in [-0.15, -0.1) is 0 Å². The van der Waals surface area contributed by atoms with Crippen LogP contribution in [-0.2, 0) is 4.74 Å². The van der Waals surface area contributed by atoms with Crippen molar-refractivity contribution in [1.29, 1.82) is 0 Å². The molecule has 23 heavy (non-hydrogen) atoms. The summed E-state index contributed by atoms with van der Waals surface area (Å²) in [5.74, 6) is -0.881. The minimum atomic E-state index is -0.978. The SMILES string of the molecule is COc1ccc(C(=O)O[C@H](C)C(=O)c2ccc(F)cc2)cc1Br. The molecule has 2 aromatic carbocycles. The Morgan fingerprint density at radius 2 is 1.70 bits per heavy atom. The molecule has 4 nitrogen and oxygen atoms in total. The Bertz CT molecular complexity index is 728. The van der Waals surface area contributed by atoms with Crippen LogP contribution in [-0.4, -0.2) is 25.0 Å². The lowest BCUT2D eigenvalue weighted by molar-refractivity contribution is 0.0318. The topological polar surface area (TPSA) is 52.6 Å². The summed E-state index contributed by atoms with van der Waals surface area (Å²) in [5, 5.41) is 0. The summed E-state index contributed by atoms with van der Waals surface area (Å²) in [5.41, 5.74) is 0.569. The van der Waals surface area contributed by atoms with Crippen molar-refractivity contribution in [2.75, 3.05) is 7.11 Å². The van der Waals surface area contributed by atoms with Crippen LogP contribution >= 0.6 is 15.9 Å². The molecule has 0 aliphatic rings. The van der Waals surface area contributed by atoms with E-state index in [-0.39, 0.29) is 11.1 Å². The highest BCUT2D eigenvalue weighted by Gasteiger charge is 2.21. The first-order chi connectivity index (χ1) is 10.9. The van der Waals surface area contributed by atoms with Crippen LogP contribution in [0.25, 0.3) is 0 Å². The van der Waals surface area contributed by atoms with Gasteiger partial charge in [-0.05, 0) is 65.3 Å². The third-order valence-electron chi connectivity index (χ3n) is 3.17. The summed E-state index contributed by atoms with van der Waals surface area (Å²) < 4.78 is 23.7. The largest absolute Gasteiger partial charge is 0.496 e. The average Bonchev–Trinajstić information content (AvgIpc) is 2.54. The second-order valence-corrected chi connectivity index (χ2v) is 5.62. The van der Waals surface area contributed by atoms with E-state index in [9.17, 15) is 14.0 Å². The average molecular weight is 381 g/mol. The molecule has 6 heteroatoms. The van der Waals surface area contributed by atoms with E-state index in [2.05, 4.69) is 15.9 Å². The molecule has 0 N–H and O–H groups in total. The fourth-order valence-corrected chi connectivity index (χ4v) is 2.46. The standard InChI is InChI=1S/C17H14BrFO4/c1-10(16(20)11-3-6-13(19)7-4-11)23-17(21)12-5-8-15(22-2)14(18)9-12/h3-10H,1-2H3/t10-/m1/s1. The monoisotopic (exact) mass is 380 g/mol. The van der Waals surface area contributed by atoms with Crippen LogP contribution < -0.4 is 4.74 Å². The highest BCUT2D eigenvalue weighted by Crippen LogP contribution is 2.26. The van der Waals surface area contributed by atoms with Gasteiger partial charge in [-0.25, -0.2) is 9.18 Å². The van der Waals surface area contributed by atoms with Crippen LogP contribution in [0.4, 0.5) is 4.39 Å². The van der Waals surface area contributed by atoms with Crippen molar-refractivity contribution in [1.82, 2.24) is 0 Å². The predicted molar refractivity (Wildman–Crippen MR) is 86.3 cm³/mol. The summed E-state index contributed by atoms with van der Waals surface area (Å²) >= 11 is 3.28. The smallest absolute Gasteiger partial charge is 0.338 e. The number of ketones is 1. The Morgan fingerprint density at radius 1 is 1.09 bits per heavy atom. The molecular formula is C17H14BrFO4. The van der Waals surface area contributed by atoms with E-state index in [0.29, 0.717) is 10.2 Å². The number of carbonyl (C=O) groups is 2. The van der Waals surface area contributed by atoms with Gasteiger partial charge < -0.3 is 9.47 Å². The quantitative estimate of drug-likeness (QED) is 0.580. The van der Waals surface area contributed by atoms with Crippen LogP contribution in [0.3, 0.4) is 0 Å². The maximum Gasteiger partial charge on any atom is 0.338 e. The molecule has 0 radical (unpaired) electrons. The molecule has 2 aromatic rings. The van der Waals surface area contributed by atoms with E-state index in [1.807, 2.05) is 0 Å². The number of rotatable bonds is 5. The van der Waals surface area contributed by atoms with E-state index in [1.165, 1.54) is 38.3 Å². The highest BCUT2D eigenvalue weighted by atomic mass is 79.9. The van der Waals surface area contributed by atoms with Gasteiger partial charge in [0, 0.05) is 5.56 Å². The fourth-order valence-electron chi connectivity index (χ4n) is 1.92. The fraction of sp³-hybridized carbons (Fsp3) is 0.176. The number of ether oxygens (including phenoxy) is 2. The van der Waals surface area contributed by atoms with Crippen LogP contribution in [0, 0.1) is 5.82 Å². The predicted octanol–water partition coefficient (Wildman–Crippen LogP) is 4.03. The first-order valence-electron chi connectivity index (χ1n) is 6.76. The van der Waals surface area contributed by atoms with Crippen molar-refractivity contribution in [2.24, 2.45) is 0 Å². The zero-order valence-electron chi connectivity index (χ0n) is 12.5. The summed E-state index contributed by atoms with van der Waals surface area (Å²) in [7, 11) is 1.52. The number of esters is 1. The molecule has 0 saturated heterocycles. The molecule has 120 valence electrons. The zero-order chi connectivity index (χ0) is 17.0. The first kappa shape index (κ1) is 17.1. The van der Waals surface area contributed by atoms with Gasteiger partial charge in [0.05, 0.1) is 17.1 Å². The minimum absolute atomic E-state index is 0.280. The van der Waals surface area contributed by atoms with Gasteiger partial charge in [0.1, 0.15) is 11.6 Å². The molecule has 0 saturated carbocycles. The summed E-state index contributed by atoms with van der Waals surface area (Å²) in [4.78, 5) is 24.3. The van der Waals surface area contributed by atoms with E-state index >= 15 is 0 Å². The molecule has 1 atom stereocenters. The highest BCUT2D eigenvalue weighted by molar-refractivity contribution is 9.10. The van der Waals surface area contributed by atoms with Gasteiger partial charge in [-0.2, -0.15) is 0 Å². The number of methoxy groups -OCH3 is 1. The Hall–Kier alpha value is -2.21. The second kappa shape index (κ2) is 7.37. The van der Waals surface area contributed by atoms with Crippen molar-refractivity contribution in [3.8, 4) is 5.75 Å². The second-order valence-electron chi connectivity index (χ2n) is 4.77. The lowest BCUT2D eigenvalue weighted by Crippen LogP contribution is -2.24. The summed E-state index contributed by atoms with van der Waals surface area (Å²) in [6.45, 7) is 1.47. The van der Waals surface area contributed by atoms with Crippen LogP contribution in [0.1, 0.15) is 27.6 Å². The molecule has 0 aromatic heterocycles. The number of benzene rings is 2. The minimum Gasteiger partial charge on any atom is -0.496 e. The normalized spacial score (nSPS) is 11.7. The molecule has 0 amide bonds. The molecule has 0 heterocycles. The molecule has 2 rings (SSSR count). The number of hydrogen-bond donors (Lipinski definition) is 0. The van der Waals surface area contributed by atoms with E-state index in [1.54, 1.807) is 18.2 Å². The Morgan fingerprint density at radius 3 is 2.26 bits per heavy atom. The van der Waals surface area contributed by atoms with Gasteiger partial charge in [-0.1, -0.05) is 0 Å². The van der Waals surface area contributed by atoms with Crippen molar-refractivity contribution in [3.05, 3.63) is 63.9 Å². The lowest BCUT2D eigenvalue weighted by atomic mass is 10.1. The van der Waals surface area contributed by atoms with Gasteiger partial charge in [0.2, 0.25) is 5.78 Å². The van der Waals surface area contributed by atoms with Crippen molar-refractivity contribution >= 4 is 27.7 Å². The number of halogens is 2. The molecule has 0 unspecified atom stereocenters. The molecule has 0 fully saturated rings. The van der Waals surface area contributed by atoms with Crippen molar-refractivity contribution in [3.63, 3.8) is 0 Å². The molecular weight excluding hydrogens is 367 g/mol. The molecule has 0 bridgehead atoms. The van der Waals surface area contributed by atoms with E-state index in [4.69, 9.17) is 9.47 Å². The maximum absolute atomic E-state index is 12.9. The van der Waals surface area contributed by atoms with Gasteiger partial charge in [0.15, 0.2) is 6.10 Å². The zero-order valence-corrected chi connectivity index (χ0v) is 14.1. The summed E-state index contributed by atoms with van der Waals surface area (Å²) in [6, 6.07) is 9.78. The maximum atomic E-state index is 12.9.